The van der Waals surface area contributed by atoms with Gasteiger partial charge in [-0.1, -0.05) is 6.92 Å². The summed E-state index contributed by atoms with van der Waals surface area (Å²) >= 11 is 0. The molecule has 14 heavy (non-hydrogen) atoms. The van der Waals surface area contributed by atoms with E-state index in [4.69, 9.17) is 4.74 Å². The fourth-order valence-corrected chi connectivity index (χ4v) is 0.956. The topological polar surface area (TPSA) is 21.3 Å². The Kier molecular flexibility index (Phi) is 6.11. The predicted molar refractivity (Wildman–Crippen MR) is 49.2 cm³/mol. The molecule has 0 rings (SSSR count). The second-order valence-electron chi connectivity index (χ2n) is 3.33. The van der Waals surface area contributed by atoms with E-state index in [2.05, 4.69) is 5.32 Å². The minimum Gasteiger partial charge on any atom is -0.365 e. The molecule has 0 amide bonds. The normalized spacial score (nSPS) is 16.7. The van der Waals surface area contributed by atoms with Gasteiger partial charge in [-0.2, -0.15) is 13.2 Å². The largest absolute Gasteiger partial charge is 0.414 e. The van der Waals surface area contributed by atoms with Crippen molar-refractivity contribution >= 4 is 0 Å². The summed E-state index contributed by atoms with van der Waals surface area (Å²) in [6, 6.07) is 0. The zero-order chi connectivity index (χ0) is 11.2. The summed E-state index contributed by atoms with van der Waals surface area (Å²) in [6.07, 6.45) is -5.42. The van der Waals surface area contributed by atoms with Gasteiger partial charge in [0.25, 0.3) is 0 Å². The second kappa shape index (κ2) is 6.24. The van der Waals surface area contributed by atoms with Crippen LogP contribution >= 0.6 is 0 Å². The molecule has 0 heterocycles. The second-order valence-corrected chi connectivity index (χ2v) is 3.33. The molecule has 0 aliphatic rings. The minimum absolute atomic E-state index is 0.418. The van der Waals surface area contributed by atoms with Gasteiger partial charge in [0.05, 0.1) is 6.10 Å². The predicted octanol–water partition coefficient (Wildman–Crippen LogP) is 2.34. The lowest BCUT2D eigenvalue weighted by atomic mass is 10.3. The number of nitrogens with one attached hydrogen (secondary N) is 1. The average Bonchev–Trinajstić information content (AvgIpc) is 2.03. The number of halogens is 3. The molecule has 0 aliphatic heterocycles. The molecule has 0 saturated heterocycles. The number of alkyl halides is 3. The Balaban J connectivity index is 3.66. The van der Waals surface area contributed by atoms with Crippen LogP contribution < -0.4 is 5.32 Å². The van der Waals surface area contributed by atoms with Crippen LogP contribution in [0.4, 0.5) is 13.2 Å². The highest BCUT2D eigenvalue weighted by atomic mass is 19.4. The summed E-state index contributed by atoms with van der Waals surface area (Å²) in [6.45, 7) is 5.90. The number of hydrogen-bond donors (Lipinski definition) is 1. The van der Waals surface area contributed by atoms with Crippen molar-refractivity contribution in [2.75, 3.05) is 13.1 Å². The lowest BCUT2D eigenvalue weighted by Gasteiger charge is -2.21. The molecule has 0 saturated carbocycles. The molecule has 0 spiro atoms. The highest BCUT2D eigenvalue weighted by Gasteiger charge is 2.37. The number of hydrogen-bond acceptors (Lipinski definition) is 2. The maximum Gasteiger partial charge on any atom is 0.414 e. The molecule has 0 radical (unpaired) electrons. The highest BCUT2D eigenvalue weighted by Crippen LogP contribution is 2.23. The first kappa shape index (κ1) is 13.7. The molecule has 2 atom stereocenters. The average molecular weight is 213 g/mol. The third-order valence-corrected chi connectivity index (χ3v) is 1.76. The van der Waals surface area contributed by atoms with Crippen molar-refractivity contribution in [3.8, 4) is 0 Å². The Morgan fingerprint density at radius 1 is 1.29 bits per heavy atom. The molecule has 0 aliphatic carbocycles. The van der Waals surface area contributed by atoms with E-state index in [0.717, 1.165) is 19.9 Å². The van der Waals surface area contributed by atoms with Crippen LogP contribution in [-0.2, 0) is 4.74 Å². The molecule has 0 aromatic rings. The van der Waals surface area contributed by atoms with Crippen LogP contribution in [0.2, 0.25) is 0 Å². The van der Waals surface area contributed by atoms with Crippen LogP contribution in [0.5, 0.6) is 0 Å². The van der Waals surface area contributed by atoms with Crippen LogP contribution in [0.1, 0.15) is 27.2 Å². The molecule has 5 heteroatoms. The van der Waals surface area contributed by atoms with Gasteiger partial charge in [0.1, 0.15) is 0 Å². The third-order valence-electron chi connectivity index (χ3n) is 1.76. The molecule has 2 nitrogen and oxygen atoms in total. The summed E-state index contributed by atoms with van der Waals surface area (Å²) in [5, 5.41) is 3.00. The summed E-state index contributed by atoms with van der Waals surface area (Å²) in [4.78, 5) is 0. The standard InChI is InChI=1S/C9H18F3NO/c1-4-5-13-6-7(2)14-8(3)9(10,11)12/h7-8,13H,4-6H2,1-3H3. The van der Waals surface area contributed by atoms with E-state index in [1.807, 2.05) is 6.92 Å². The van der Waals surface area contributed by atoms with Crippen molar-refractivity contribution in [1.82, 2.24) is 5.32 Å². The van der Waals surface area contributed by atoms with Crippen molar-refractivity contribution in [2.45, 2.75) is 45.6 Å². The highest BCUT2D eigenvalue weighted by molar-refractivity contribution is 4.64. The van der Waals surface area contributed by atoms with Gasteiger partial charge < -0.3 is 10.1 Å². The number of ether oxygens (including phenoxy) is 1. The van der Waals surface area contributed by atoms with E-state index in [1.165, 1.54) is 0 Å². The van der Waals surface area contributed by atoms with Gasteiger partial charge >= 0.3 is 6.18 Å². The Bertz CT molecular complexity index is 149. The molecule has 0 aromatic heterocycles. The minimum atomic E-state index is -4.26. The van der Waals surface area contributed by atoms with Gasteiger partial charge in [0.2, 0.25) is 0 Å². The van der Waals surface area contributed by atoms with Crippen LogP contribution in [0.25, 0.3) is 0 Å². The molecule has 86 valence electrons. The van der Waals surface area contributed by atoms with Crippen molar-refractivity contribution in [3.05, 3.63) is 0 Å². The zero-order valence-electron chi connectivity index (χ0n) is 8.82. The first-order chi connectivity index (χ1) is 6.38. The molecule has 0 bridgehead atoms. The lowest BCUT2D eigenvalue weighted by molar-refractivity contribution is -0.224. The summed E-state index contributed by atoms with van der Waals surface area (Å²) in [5.74, 6) is 0. The summed E-state index contributed by atoms with van der Waals surface area (Å²) in [5.41, 5.74) is 0. The van der Waals surface area contributed by atoms with Gasteiger partial charge in [-0.25, -0.2) is 0 Å². The Morgan fingerprint density at radius 2 is 1.86 bits per heavy atom. The van der Waals surface area contributed by atoms with Crippen molar-refractivity contribution in [2.24, 2.45) is 0 Å². The molecule has 0 fully saturated rings. The fraction of sp³-hybridized carbons (Fsp3) is 1.00. The Labute approximate surface area is 82.8 Å². The Hall–Kier alpha value is -0.290. The van der Waals surface area contributed by atoms with Crippen molar-refractivity contribution in [1.29, 1.82) is 0 Å². The van der Waals surface area contributed by atoms with Gasteiger partial charge in [0, 0.05) is 6.54 Å². The van der Waals surface area contributed by atoms with Crippen molar-refractivity contribution in [3.63, 3.8) is 0 Å². The third kappa shape index (κ3) is 6.21. The van der Waals surface area contributed by atoms with E-state index < -0.39 is 18.4 Å². The van der Waals surface area contributed by atoms with Gasteiger partial charge in [0.15, 0.2) is 6.10 Å². The Morgan fingerprint density at radius 3 is 2.29 bits per heavy atom. The van der Waals surface area contributed by atoms with Gasteiger partial charge in [-0.3, -0.25) is 0 Å². The summed E-state index contributed by atoms with van der Waals surface area (Å²) in [7, 11) is 0. The van der Waals surface area contributed by atoms with Crippen molar-refractivity contribution < 1.29 is 17.9 Å². The SMILES string of the molecule is CCCNCC(C)OC(C)C(F)(F)F. The molecular weight excluding hydrogens is 195 g/mol. The molecular formula is C9H18F3NO. The molecule has 0 aromatic carbocycles. The first-order valence-electron chi connectivity index (χ1n) is 4.80. The van der Waals surface area contributed by atoms with E-state index >= 15 is 0 Å². The van der Waals surface area contributed by atoms with E-state index in [0.29, 0.717) is 6.54 Å². The van der Waals surface area contributed by atoms with Crippen LogP contribution in [-0.4, -0.2) is 31.5 Å². The fourth-order valence-electron chi connectivity index (χ4n) is 0.956. The lowest BCUT2D eigenvalue weighted by Crippen LogP contribution is -2.36. The monoisotopic (exact) mass is 213 g/mol. The molecule has 2 unspecified atom stereocenters. The summed E-state index contributed by atoms with van der Waals surface area (Å²) < 4.78 is 40.9. The maximum atomic E-state index is 12.1. The van der Waals surface area contributed by atoms with E-state index in [1.54, 1.807) is 6.92 Å². The van der Waals surface area contributed by atoms with Crippen LogP contribution in [0.15, 0.2) is 0 Å². The number of rotatable bonds is 6. The van der Waals surface area contributed by atoms with E-state index in [9.17, 15) is 13.2 Å². The van der Waals surface area contributed by atoms with Crippen LogP contribution in [0.3, 0.4) is 0 Å². The van der Waals surface area contributed by atoms with Crippen LogP contribution in [0, 0.1) is 0 Å². The first-order valence-corrected chi connectivity index (χ1v) is 4.80. The molecule has 1 N–H and O–H groups in total. The van der Waals surface area contributed by atoms with Gasteiger partial charge in [-0.05, 0) is 26.8 Å². The zero-order valence-corrected chi connectivity index (χ0v) is 8.82. The van der Waals surface area contributed by atoms with E-state index in [-0.39, 0.29) is 0 Å². The maximum absolute atomic E-state index is 12.1. The smallest absolute Gasteiger partial charge is 0.365 e. The quantitative estimate of drug-likeness (QED) is 0.684. The van der Waals surface area contributed by atoms with Gasteiger partial charge in [-0.15, -0.1) is 0 Å².